The summed E-state index contributed by atoms with van der Waals surface area (Å²) in [7, 11) is 0. The Morgan fingerprint density at radius 3 is 2.21 bits per heavy atom. The fourth-order valence-corrected chi connectivity index (χ4v) is 1.61. The number of aryl methyl sites for hydroxylation is 1. The lowest BCUT2D eigenvalue weighted by Gasteiger charge is -2.10. The van der Waals surface area contributed by atoms with E-state index in [0.29, 0.717) is 5.82 Å². The van der Waals surface area contributed by atoms with E-state index in [1.165, 1.54) is 0 Å². The number of hydrogen-bond acceptors (Lipinski definition) is 3. The summed E-state index contributed by atoms with van der Waals surface area (Å²) in [5.41, 5.74) is 1.92. The standard InChI is InChI=1S/C13H15N3O.C2HF3O2/c1-9-8-12(16-15-9)14-13(17)10(2)11-6-4-3-5-7-11;3-2(4,5)1(6)7/h3-8,10H,1-2H3,(H2,14,15,16,17);(H,6,7)/t10-;/m0./s1. The molecule has 0 aliphatic rings. The van der Waals surface area contributed by atoms with Crippen LogP contribution in [-0.2, 0) is 9.59 Å². The molecule has 1 aromatic carbocycles. The van der Waals surface area contributed by atoms with Crippen molar-refractivity contribution in [1.82, 2.24) is 10.2 Å². The number of carboxylic acid groups (broad SMARTS) is 1. The van der Waals surface area contributed by atoms with Gasteiger partial charge in [-0.25, -0.2) is 4.79 Å². The van der Waals surface area contributed by atoms with Gasteiger partial charge in [0, 0.05) is 11.8 Å². The van der Waals surface area contributed by atoms with Crippen LogP contribution in [0.3, 0.4) is 0 Å². The Balaban J connectivity index is 0.000000351. The van der Waals surface area contributed by atoms with Gasteiger partial charge >= 0.3 is 12.1 Å². The van der Waals surface area contributed by atoms with E-state index in [0.717, 1.165) is 11.3 Å². The quantitative estimate of drug-likeness (QED) is 0.798. The Morgan fingerprint density at radius 1 is 1.25 bits per heavy atom. The lowest BCUT2D eigenvalue weighted by atomic mass is 10.0. The van der Waals surface area contributed by atoms with Crippen LogP contribution < -0.4 is 5.32 Å². The first-order valence-electron chi connectivity index (χ1n) is 6.79. The number of carbonyl (C=O) groups excluding carboxylic acids is 1. The van der Waals surface area contributed by atoms with Crippen molar-refractivity contribution in [3.63, 3.8) is 0 Å². The number of benzene rings is 1. The van der Waals surface area contributed by atoms with Gasteiger partial charge in [-0.2, -0.15) is 18.3 Å². The number of nitrogens with zero attached hydrogens (tertiary/aromatic N) is 1. The molecule has 2 aromatic rings. The fraction of sp³-hybridized carbons (Fsp3) is 0.267. The van der Waals surface area contributed by atoms with Crippen molar-refractivity contribution in [3.8, 4) is 0 Å². The minimum Gasteiger partial charge on any atom is -0.475 e. The van der Waals surface area contributed by atoms with Crippen molar-refractivity contribution >= 4 is 17.7 Å². The summed E-state index contributed by atoms with van der Waals surface area (Å²) in [6, 6.07) is 11.5. The molecule has 1 amide bonds. The molecule has 0 aliphatic heterocycles. The van der Waals surface area contributed by atoms with E-state index in [1.54, 1.807) is 6.07 Å². The Kier molecular flexibility index (Phi) is 6.51. The van der Waals surface area contributed by atoms with Gasteiger partial charge in [-0.05, 0) is 19.4 Å². The van der Waals surface area contributed by atoms with Crippen molar-refractivity contribution in [3.05, 3.63) is 47.7 Å². The third-order valence-corrected chi connectivity index (χ3v) is 2.89. The van der Waals surface area contributed by atoms with Crippen molar-refractivity contribution in [2.75, 3.05) is 5.32 Å². The van der Waals surface area contributed by atoms with Crippen molar-refractivity contribution in [2.24, 2.45) is 0 Å². The van der Waals surface area contributed by atoms with Gasteiger partial charge in [-0.3, -0.25) is 9.89 Å². The summed E-state index contributed by atoms with van der Waals surface area (Å²) in [6.07, 6.45) is -5.08. The lowest BCUT2D eigenvalue weighted by Crippen LogP contribution is -2.21. The van der Waals surface area contributed by atoms with Crippen molar-refractivity contribution in [1.29, 1.82) is 0 Å². The lowest BCUT2D eigenvalue weighted by molar-refractivity contribution is -0.192. The van der Waals surface area contributed by atoms with Crippen LogP contribution in [0.15, 0.2) is 36.4 Å². The molecule has 3 N–H and O–H groups in total. The first-order valence-corrected chi connectivity index (χ1v) is 6.79. The molecule has 1 heterocycles. The number of aromatic nitrogens is 2. The van der Waals surface area contributed by atoms with Crippen LogP contribution in [0, 0.1) is 6.92 Å². The summed E-state index contributed by atoms with van der Waals surface area (Å²) in [4.78, 5) is 20.9. The van der Waals surface area contributed by atoms with Gasteiger partial charge in [0.2, 0.25) is 5.91 Å². The number of hydrogen-bond donors (Lipinski definition) is 3. The number of amides is 1. The Labute approximate surface area is 135 Å². The van der Waals surface area contributed by atoms with Crippen molar-refractivity contribution < 1.29 is 27.9 Å². The maximum Gasteiger partial charge on any atom is 0.490 e. The first-order chi connectivity index (χ1) is 11.1. The van der Waals surface area contributed by atoms with Gasteiger partial charge in [0.25, 0.3) is 0 Å². The van der Waals surface area contributed by atoms with E-state index in [4.69, 9.17) is 9.90 Å². The summed E-state index contributed by atoms with van der Waals surface area (Å²) >= 11 is 0. The molecule has 0 bridgehead atoms. The highest BCUT2D eigenvalue weighted by Gasteiger charge is 2.38. The highest BCUT2D eigenvalue weighted by molar-refractivity contribution is 5.94. The third kappa shape index (κ3) is 6.11. The molecule has 0 fully saturated rings. The average Bonchev–Trinajstić information content (AvgIpc) is 2.92. The normalized spacial score (nSPS) is 11.9. The van der Waals surface area contributed by atoms with E-state index >= 15 is 0 Å². The molecule has 0 unspecified atom stereocenters. The van der Waals surface area contributed by atoms with E-state index < -0.39 is 12.1 Å². The van der Waals surface area contributed by atoms with Gasteiger partial charge < -0.3 is 10.4 Å². The van der Waals surface area contributed by atoms with Crippen LogP contribution in [0.5, 0.6) is 0 Å². The zero-order chi connectivity index (χ0) is 18.3. The number of alkyl halides is 3. The van der Waals surface area contributed by atoms with Crippen LogP contribution in [-0.4, -0.2) is 33.4 Å². The Bertz CT molecular complexity index is 684. The molecular formula is C15H16F3N3O3. The number of aliphatic carboxylic acids is 1. The van der Waals surface area contributed by atoms with Crippen LogP contribution in [0.25, 0.3) is 0 Å². The summed E-state index contributed by atoms with van der Waals surface area (Å²) < 4.78 is 31.7. The van der Waals surface area contributed by atoms with Crippen LogP contribution >= 0.6 is 0 Å². The second-order valence-corrected chi connectivity index (χ2v) is 4.86. The fourth-order valence-electron chi connectivity index (χ4n) is 1.61. The predicted molar refractivity (Wildman–Crippen MR) is 80.5 cm³/mol. The molecule has 0 saturated heterocycles. The zero-order valence-electron chi connectivity index (χ0n) is 12.9. The molecule has 9 heteroatoms. The number of halogens is 3. The number of aromatic amines is 1. The number of nitrogens with one attached hydrogen (secondary N) is 2. The second-order valence-electron chi connectivity index (χ2n) is 4.86. The van der Waals surface area contributed by atoms with Gasteiger partial charge in [-0.1, -0.05) is 30.3 Å². The molecule has 1 atom stereocenters. The van der Waals surface area contributed by atoms with E-state index in [9.17, 15) is 18.0 Å². The Morgan fingerprint density at radius 2 is 1.79 bits per heavy atom. The number of carboxylic acids is 1. The zero-order valence-corrected chi connectivity index (χ0v) is 12.9. The molecule has 2 rings (SSSR count). The number of anilines is 1. The van der Waals surface area contributed by atoms with Crippen molar-refractivity contribution in [2.45, 2.75) is 25.9 Å². The van der Waals surface area contributed by atoms with Crippen LogP contribution in [0.1, 0.15) is 24.1 Å². The summed E-state index contributed by atoms with van der Waals surface area (Å²) in [6.45, 7) is 3.77. The number of rotatable bonds is 3. The third-order valence-electron chi connectivity index (χ3n) is 2.89. The number of H-pyrrole nitrogens is 1. The molecule has 0 radical (unpaired) electrons. The minimum absolute atomic E-state index is 0.0531. The smallest absolute Gasteiger partial charge is 0.475 e. The molecule has 0 aliphatic carbocycles. The largest absolute Gasteiger partial charge is 0.490 e. The number of carbonyl (C=O) groups is 2. The topological polar surface area (TPSA) is 95.1 Å². The second kappa shape index (κ2) is 8.14. The molecule has 0 saturated carbocycles. The average molecular weight is 343 g/mol. The van der Waals surface area contributed by atoms with E-state index in [2.05, 4.69) is 15.5 Å². The Hall–Kier alpha value is -2.84. The van der Waals surface area contributed by atoms with Gasteiger partial charge in [0.15, 0.2) is 5.82 Å². The summed E-state index contributed by atoms with van der Waals surface area (Å²) in [5, 5.41) is 16.7. The van der Waals surface area contributed by atoms with E-state index in [1.807, 2.05) is 44.2 Å². The first kappa shape index (κ1) is 19.2. The molecule has 1 aromatic heterocycles. The molecular weight excluding hydrogens is 327 g/mol. The molecule has 0 spiro atoms. The SMILES string of the molecule is Cc1cc(NC(=O)[C@@H](C)c2ccccc2)n[nH]1.O=C(O)C(F)(F)F. The molecule has 130 valence electrons. The van der Waals surface area contributed by atoms with Gasteiger partial charge in [0.1, 0.15) is 0 Å². The molecule has 24 heavy (non-hydrogen) atoms. The maximum absolute atomic E-state index is 12.0. The summed E-state index contributed by atoms with van der Waals surface area (Å²) in [5.74, 6) is -2.43. The molecule has 6 nitrogen and oxygen atoms in total. The van der Waals surface area contributed by atoms with Crippen LogP contribution in [0.2, 0.25) is 0 Å². The maximum atomic E-state index is 12.0. The minimum atomic E-state index is -5.08. The highest BCUT2D eigenvalue weighted by atomic mass is 19.4. The van der Waals surface area contributed by atoms with E-state index in [-0.39, 0.29) is 11.8 Å². The van der Waals surface area contributed by atoms with Gasteiger partial charge in [-0.15, -0.1) is 0 Å². The predicted octanol–water partition coefficient (Wildman–Crippen LogP) is 3.09. The van der Waals surface area contributed by atoms with Crippen LogP contribution in [0.4, 0.5) is 19.0 Å². The van der Waals surface area contributed by atoms with Gasteiger partial charge in [0.05, 0.1) is 5.92 Å². The monoisotopic (exact) mass is 343 g/mol. The highest BCUT2D eigenvalue weighted by Crippen LogP contribution is 2.17.